The fraction of sp³-hybridized carbons (Fsp3) is 0.571. The molecular formula is C14H21NO2S. The minimum atomic E-state index is -3.09. The second-order valence-electron chi connectivity index (χ2n) is 5.73. The molecule has 1 unspecified atom stereocenters. The molecule has 3 nitrogen and oxygen atoms in total. The van der Waals surface area contributed by atoms with Gasteiger partial charge in [-0.15, -0.1) is 0 Å². The van der Waals surface area contributed by atoms with Crippen molar-refractivity contribution in [2.75, 3.05) is 11.1 Å². The minimum absolute atomic E-state index is 0.218. The first-order chi connectivity index (χ1) is 8.35. The van der Waals surface area contributed by atoms with Crippen LogP contribution in [0, 0.1) is 5.41 Å². The van der Waals surface area contributed by atoms with E-state index in [-0.39, 0.29) is 5.75 Å². The van der Waals surface area contributed by atoms with Crippen molar-refractivity contribution in [3.05, 3.63) is 24.3 Å². The molecule has 2 rings (SSSR count). The zero-order chi connectivity index (χ0) is 13.4. The van der Waals surface area contributed by atoms with E-state index in [9.17, 15) is 8.42 Å². The summed E-state index contributed by atoms with van der Waals surface area (Å²) in [5.74, 6) is 0.218. The quantitative estimate of drug-likeness (QED) is 0.891. The number of hydrogen-bond acceptors (Lipinski definition) is 3. The molecule has 1 aromatic carbocycles. The lowest BCUT2D eigenvalue weighted by molar-refractivity contribution is 0.594. The van der Waals surface area contributed by atoms with Crippen LogP contribution in [-0.4, -0.2) is 20.2 Å². The predicted octanol–water partition coefficient (Wildman–Crippen LogP) is 3.08. The van der Waals surface area contributed by atoms with Crippen molar-refractivity contribution in [3.63, 3.8) is 0 Å². The number of rotatable bonds is 5. The molecule has 1 aliphatic rings. The number of anilines is 1. The molecule has 0 heterocycles. The molecule has 1 atom stereocenters. The highest BCUT2D eigenvalue weighted by atomic mass is 32.2. The number of benzene rings is 1. The summed E-state index contributed by atoms with van der Waals surface area (Å²) in [6, 6.07) is 7.62. The van der Waals surface area contributed by atoms with Crippen LogP contribution < -0.4 is 5.32 Å². The van der Waals surface area contributed by atoms with Gasteiger partial charge in [0.05, 0.1) is 10.6 Å². The van der Waals surface area contributed by atoms with Crippen LogP contribution in [0.4, 0.5) is 5.69 Å². The second-order valence-corrected chi connectivity index (χ2v) is 7.84. The Morgan fingerprint density at radius 2 is 1.83 bits per heavy atom. The smallest absolute Gasteiger partial charge is 0.178 e. The van der Waals surface area contributed by atoms with Crippen LogP contribution in [0.2, 0.25) is 0 Å². The molecule has 1 aromatic rings. The summed E-state index contributed by atoms with van der Waals surface area (Å²) in [5, 5.41) is 3.42. The van der Waals surface area contributed by atoms with Crippen LogP contribution in [0.5, 0.6) is 0 Å². The second kappa shape index (κ2) is 4.57. The Morgan fingerprint density at radius 3 is 2.28 bits per heavy atom. The molecule has 1 aliphatic carbocycles. The SMILES string of the molecule is CCCS(=O)(=O)c1ccc(NC2CC2(C)C)cc1. The van der Waals surface area contributed by atoms with Gasteiger partial charge >= 0.3 is 0 Å². The van der Waals surface area contributed by atoms with Crippen molar-refractivity contribution in [2.24, 2.45) is 5.41 Å². The van der Waals surface area contributed by atoms with E-state index in [2.05, 4.69) is 19.2 Å². The summed E-state index contributed by atoms with van der Waals surface area (Å²) in [4.78, 5) is 0.421. The molecule has 1 saturated carbocycles. The summed E-state index contributed by atoms with van der Waals surface area (Å²) < 4.78 is 23.7. The van der Waals surface area contributed by atoms with Crippen molar-refractivity contribution in [2.45, 2.75) is 44.6 Å². The predicted molar refractivity (Wildman–Crippen MR) is 74.6 cm³/mol. The Kier molecular flexibility index (Phi) is 3.41. The van der Waals surface area contributed by atoms with Crippen molar-refractivity contribution < 1.29 is 8.42 Å². The van der Waals surface area contributed by atoms with Gasteiger partial charge in [-0.2, -0.15) is 0 Å². The average molecular weight is 267 g/mol. The number of hydrogen-bond donors (Lipinski definition) is 1. The average Bonchev–Trinajstić information content (AvgIpc) is 2.86. The van der Waals surface area contributed by atoms with Crippen LogP contribution in [0.1, 0.15) is 33.6 Å². The third-order valence-corrected chi connectivity index (χ3v) is 5.48. The summed E-state index contributed by atoms with van der Waals surface area (Å²) in [5.41, 5.74) is 1.37. The fourth-order valence-corrected chi connectivity index (χ4v) is 3.38. The molecule has 100 valence electrons. The summed E-state index contributed by atoms with van der Waals surface area (Å²) >= 11 is 0. The molecule has 1 fully saturated rings. The lowest BCUT2D eigenvalue weighted by atomic mass is 10.2. The maximum atomic E-state index is 11.9. The molecule has 0 amide bonds. The molecule has 4 heteroatoms. The van der Waals surface area contributed by atoms with Crippen molar-refractivity contribution in [3.8, 4) is 0 Å². The first kappa shape index (κ1) is 13.4. The van der Waals surface area contributed by atoms with E-state index >= 15 is 0 Å². The van der Waals surface area contributed by atoms with Gasteiger partial charge in [0.2, 0.25) is 0 Å². The highest BCUT2D eigenvalue weighted by Gasteiger charge is 2.45. The van der Waals surface area contributed by atoms with E-state index in [0.29, 0.717) is 22.8 Å². The van der Waals surface area contributed by atoms with E-state index in [0.717, 1.165) is 5.69 Å². The van der Waals surface area contributed by atoms with Gasteiger partial charge in [-0.25, -0.2) is 8.42 Å². The maximum absolute atomic E-state index is 11.9. The molecule has 0 saturated heterocycles. The van der Waals surface area contributed by atoms with Gasteiger partial charge < -0.3 is 5.32 Å². The van der Waals surface area contributed by atoms with Gasteiger partial charge in [0, 0.05) is 11.7 Å². The highest BCUT2D eigenvalue weighted by molar-refractivity contribution is 7.91. The molecule has 0 aliphatic heterocycles. The van der Waals surface area contributed by atoms with Crippen LogP contribution in [-0.2, 0) is 9.84 Å². The summed E-state index contributed by atoms with van der Waals surface area (Å²) in [6.45, 7) is 6.33. The monoisotopic (exact) mass is 267 g/mol. The van der Waals surface area contributed by atoms with Gasteiger partial charge in [0.1, 0.15) is 0 Å². The Morgan fingerprint density at radius 1 is 1.28 bits per heavy atom. The van der Waals surface area contributed by atoms with E-state index in [1.807, 2.05) is 19.1 Å². The molecule has 18 heavy (non-hydrogen) atoms. The zero-order valence-electron chi connectivity index (χ0n) is 11.2. The zero-order valence-corrected chi connectivity index (χ0v) is 12.0. The Balaban J connectivity index is 2.06. The minimum Gasteiger partial charge on any atom is -0.382 e. The van der Waals surface area contributed by atoms with Gasteiger partial charge in [0.25, 0.3) is 0 Å². The van der Waals surface area contributed by atoms with Gasteiger partial charge in [-0.1, -0.05) is 20.8 Å². The molecule has 0 spiro atoms. The van der Waals surface area contributed by atoms with E-state index in [1.54, 1.807) is 12.1 Å². The topological polar surface area (TPSA) is 46.2 Å². The van der Waals surface area contributed by atoms with Crippen molar-refractivity contribution in [1.82, 2.24) is 0 Å². The van der Waals surface area contributed by atoms with Crippen molar-refractivity contribution in [1.29, 1.82) is 0 Å². The van der Waals surface area contributed by atoms with Crippen LogP contribution in [0.25, 0.3) is 0 Å². The first-order valence-electron chi connectivity index (χ1n) is 6.44. The van der Waals surface area contributed by atoms with Gasteiger partial charge in [-0.05, 0) is 42.5 Å². The number of nitrogens with one attached hydrogen (secondary N) is 1. The largest absolute Gasteiger partial charge is 0.382 e. The molecular weight excluding hydrogens is 246 g/mol. The standard InChI is InChI=1S/C14H21NO2S/c1-4-9-18(16,17)12-7-5-11(6-8-12)15-13-10-14(13,2)3/h5-8,13,15H,4,9-10H2,1-3H3. The molecule has 0 bridgehead atoms. The van der Waals surface area contributed by atoms with Crippen LogP contribution in [0.15, 0.2) is 29.2 Å². The molecule has 0 radical (unpaired) electrons. The highest BCUT2D eigenvalue weighted by Crippen LogP contribution is 2.46. The Bertz CT molecular complexity index is 517. The maximum Gasteiger partial charge on any atom is 0.178 e. The van der Waals surface area contributed by atoms with E-state index < -0.39 is 9.84 Å². The molecule has 0 aromatic heterocycles. The summed E-state index contributed by atoms with van der Waals surface area (Å²) in [7, 11) is -3.09. The number of sulfone groups is 1. The summed E-state index contributed by atoms with van der Waals surface area (Å²) in [6.07, 6.45) is 1.82. The lowest BCUT2D eigenvalue weighted by Gasteiger charge is -2.09. The fourth-order valence-electron chi connectivity index (χ4n) is 2.06. The third-order valence-electron chi connectivity index (χ3n) is 3.54. The Hall–Kier alpha value is -1.03. The first-order valence-corrected chi connectivity index (χ1v) is 8.10. The van der Waals surface area contributed by atoms with Gasteiger partial charge in [0.15, 0.2) is 9.84 Å². The van der Waals surface area contributed by atoms with E-state index in [4.69, 9.17) is 0 Å². The lowest BCUT2D eigenvalue weighted by Crippen LogP contribution is -2.09. The normalized spacial score (nSPS) is 21.6. The molecule has 1 N–H and O–H groups in total. The third kappa shape index (κ3) is 2.86. The van der Waals surface area contributed by atoms with Crippen LogP contribution in [0.3, 0.4) is 0 Å². The van der Waals surface area contributed by atoms with Crippen molar-refractivity contribution >= 4 is 15.5 Å². The Labute approximate surface area is 110 Å². The van der Waals surface area contributed by atoms with Crippen LogP contribution >= 0.6 is 0 Å². The van der Waals surface area contributed by atoms with E-state index in [1.165, 1.54) is 6.42 Å². The van der Waals surface area contributed by atoms with Gasteiger partial charge in [-0.3, -0.25) is 0 Å².